The van der Waals surface area contributed by atoms with Crippen molar-refractivity contribution in [1.82, 2.24) is 24.6 Å². The number of amides is 1. The van der Waals surface area contributed by atoms with Crippen LogP contribution >= 0.6 is 0 Å². The van der Waals surface area contributed by atoms with Crippen LogP contribution in [0.2, 0.25) is 0 Å². The van der Waals surface area contributed by atoms with Gasteiger partial charge in [0, 0.05) is 25.4 Å². The normalized spacial score (nSPS) is 16.5. The Morgan fingerprint density at radius 3 is 3.00 bits per heavy atom. The second kappa shape index (κ2) is 6.39. The first kappa shape index (κ1) is 15.4. The van der Waals surface area contributed by atoms with Crippen molar-refractivity contribution < 1.29 is 13.9 Å². The molecule has 0 spiro atoms. The molecule has 3 aromatic heterocycles. The Bertz CT molecular complexity index is 860. The van der Waals surface area contributed by atoms with Crippen LogP contribution in [0, 0.1) is 0 Å². The lowest BCUT2D eigenvalue weighted by Crippen LogP contribution is -2.41. The molecule has 1 aliphatic heterocycles. The molecule has 0 aliphatic carbocycles. The molecule has 0 fully saturated rings. The van der Waals surface area contributed by atoms with Crippen molar-refractivity contribution in [2.45, 2.75) is 26.1 Å². The molecule has 1 amide bonds. The lowest BCUT2D eigenvalue weighted by molar-refractivity contribution is 0.0634. The van der Waals surface area contributed by atoms with Gasteiger partial charge in [-0.05, 0) is 19.1 Å². The Kier molecular flexibility index (Phi) is 3.93. The van der Waals surface area contributed by atoms with E-state index in [1.54, 1.807) is 23.2 Å². The van der Waals surface area contributed by atoms with Crippen LogP contribution in [-0.2, 0) is 13.2 Å². The number of fused-ring (bicyclic) bond motifs is 1. The topological polar surface area (TPSA) is 86.3 Å². The van der Waals surface area contributed by atoms with Crippen LogP contribution in [0.3, 0.4) is 0 Å². The van der Waals surface area contributed by atoms with Gasteiger partial charge in [0.1, 0.15) is 12.9 Å². The summed E-state index contributed by atoms with van der Waals surface area (Å²) in [5, 5.41) is 8.48. The molecule has 0 N–H and O–H groups in total. The van der Waals surface area contributed by atoms with E-state index in [2.05, 4.69) is 15.2 Å². The van der Waals surface area contributed by atoms with Crippen molar-refractivity contribution in [2.24, 2.45) is 0 Å². The van der Waals surface area contributed by atoms with Crippen molar-refractivity contribution >= 4 is 5.91 Å². The summed E-state index contributed by atoms with van der Waals surface area (Å²) >= 11 is 0. The third-order valence-corrected chi connectivity index (χ3v) is 4.28. The fraction of sp³-hybridized carbons (Fsp3) is 0.294. The van der Waals surface area contributed by atoms with Gasteiger partial charge in [-0.15, -0.1) is 10.2 Å². The third-order valence-electron chi connectivity index (χ3n) is 4.28. The van der Waals surface area contributed by atoms with Crippen molar-refractivity contribution in [2.75, 3.05) is 6.54 Å². The molecule has 8 nitrogen and oxygen atoms in total. The molecule has 0 aromatic carbocycles. The molecule has 0 saturated heterocycles. The maximum absolute atomic E-state index is 12.6. The summed E-state index contributed by atoms with van der Waals surface area (Å²) in [5.41, 5.74) is 0.540. The van der Waals surface area contributed by atoms with Crippen LogP contribution in [0.25, 0.3) is 0 Å². The largest absolute Gasteiger partial charge is 0.472 e. The summed E-state index contributed by atoms with van der Waals surface area (Å²) in [6.45, 7) is 3.43. The number of ether oxygens (including phenoxy) is 1. The molecule has 4 heterocycles. The van der Waals surface area contributed by atoms with Gasteiger partial charge in [0.2, 0.25) is 5.88 Å². The molecule has 128 valence electrons. The smallest absolute Gasteiger partial charge is 0.257 e. The molecular weight excluding hydrogens is 322 g/mol. The maximum atomic E-state index is 12.6. The molecule has 0 bridgehead atoms. The van der Waals surface area contributed by atoms with Crippen LogP contribution in [0.1, 0.15) is 35.0 Å². The minimum atomic E-state index is -0.174. The molecule has 8 heteroatoms. The fourth-order valence-electron chi connectivity index (χ4n) is 2.95. The predicted octanol–water partition coefficient (Wildman–Crippen LogP) is 2.06. The number of rotatable bonds is 4. The van der Waals surface area contributed by atoms with Crippen molar-refractivity contribution in [3.05, 3.63) is 60.2 Å². The quantitative estimate of drug-likeness (QED) is 0.723. The average molecular weight is 339 g/mol. The molecule has 3 aromatic rings. The summed E-state index contributed by atoms with van der Waals surface area (Å²) < 4.78 is 12.7. The summed E-state index contributed by atoms with van der Waals surface area (Å²) in [4.78, 5) is 18.5. The number of hydrogen-bond donors (Lipinski definition) is 0. The molecule has 0 radical (unpaired) electrons. The van der Waals surface area contributed by atoms with Crippen molar-refractivity contribution in [3.63, 3.8) is 0 Å². The molecular formula is C17H17N5O3. The minimum absolute atomic E-state index is 0.0678. The van der Waals surface area contributed by atoms with E-state index in [1.807, 2.05) is 23.6 Å². The van der Waals surface area contributed by atoms with Gasteiger partial charge in [0.25, 0.3) is 5.91 Å². The van der Waals surface area contributed by atoms with E-state index in [0.717, 1.165) is 11.6 Å². The monoisotopic (exact) mass is 339 g/mol. The first-order valence-corrected chi connectivity index (χ1v) is 8.03. The molecule has 0 saturated carbocycles. The van der Waals surface area contributed by atoms with E-state index >= 15 is 0 Å². The minimum Gasteiger partial charge on any atom is -0.472 e. The average Bonchev–Trinajstić information content (AvgIpc) is 3.31. The highest BCUT2D eigenvalue weighted by Crippen LogP contribution is 2.26. The highest BCUT2D eigenvalue weighted by Gasteiger charge is 2.32. The third kappa shape index (κ3) is 2.86. The van der Waals surface area contributed by atoms with E-state index in [-0.39, 0.29) is 18.6 Å². The highest BCUT2D eigenvalue weighted by atomic mass is 16.5. The van der Waals surface area contributed by atoms with Crippen LogP contribution in [0.5, 0.6) is 5.88 Å². The van der Waals surface area contributed by atoms with Gasteiger partial charge in [0.05, 0.1) is 17.9 Å². The van der Waals surface area contributed by atoms with Crippen molar-refractivity contribution in [1.29, 1.82) is 0 Å². The van der Waals surface area contributed by atoms with Crippen LogP contribution in [0.4, 0.5) is 0 Å². The lowest BCUT2D eigenvalue weighted by atomic mass is 10.1. The summed E-state index contributed by atoms with van der Waals surface area (Å²) in [5.74, 6) is 1.95. The number of pyridine rings is 1. The lowest BCUT2D eigenvalue weighted by Gasteiger charge is -2.33. The zero-order chi connectivity index (χ0) is 17.2. The van der Waals surface area contributed by atoms with Crippen molar-refractivity contribution in [3.8, 4) is 5.88 Å². The Morgan fingerprint density at radius 2 is 2.24 bits per heavy atom. The Labute approximate surface area is 144 Å². The highest BCUT2D eigenvalue weighted by molar-refractivity contribution is 5.94. The standard InChI is InChI=1S/C17H17N5O3/c1-12-16-20-19-14(11-25-15-4-2-3-6-18-15)22(16)8-7-21(12)17(23)13-5-9-24-10-13/h2-6,9-10,12H,7-8,11H2,1H3/t12-/m0/s1. The number of nitrogens with zero attached hydrogens (tertiary/aromatic N) is 5. The van der Waals surface area contributed by atoms with Crippen LogP contribution in [0.15, 0.2) is 47.4 Å². The number of carbonyl (C=O) groups excluding carboxylic acids is 1. The number of aromatic nitrogens is 4. The van der Waals surface area contributed by atoms with Crippen LogP contribution < -0.4 is 4.74 Å². The zero-order valence-corrected chi connectivity index (χ0v) is 13.7. The Hall–Kier alpha value is -3.16. The van der Waals surface area contributed by atoms with Gasteiger partial charge in [-0.1, -0.05) is 6.07 Å². The van der Waals surface area contributed by atoms with E-state index in [0.29, 0.717) is 24.5 Å². The second-order valence-corrected chi connectivity index (χ2v) is 5.77. The van der Waals surface area contributed by atoms with Crippen LogP contribution in [-0.4, -0.2) is 37.1 Å². The summed E-state index contributed by atoms with van der Waals surface area (Å²) in [6, 6.07) is 6.98. The number of hydrogen-bond acceptors (Lipinski definition) is 6. The first-order chi connectivity index (χ1) is 12.2. The van der Waals surface area contributed by atoms with E-state index in [4.69, 9.17) is 9.15 Å². The van der Waals surface area contributed by atoms with Gasteiger partial charge in [0.15, 0.2) is 11.6 Å². The van der Waals surface area contributed by atoms with Gasteiger partial charge in [-0.3, -0.25) is 4.79 Å². The van der Waals surface area contributed by atoms with E-state index in [9.17, 15) is 4.79 Å². The molecule has 0 unspecified atom stereocenters. The van der Waals surface area contributed by atoms with Gasteiger partial charge >= 0.3 is 0 Å². The maximum Gasteiger partial charge on any atom is 0.257 e. The Balaban J connectivity index is 1.50. The molecule has 25 heavy (non-hydrogen) atoms. The van der Waals surface area contributed by atoms with Gasteiger partial charge < -0.3 is 18.6 Å². The predicted molar refractivity (Wildman–Crippen MR) is 86.8 cm³/mol. The van der Waals surface area contributed by atoms with Gasteiger partial charge in [-0.2, -0.15) is 0 Å². The number of carbonyl (C=O) groups is 1. The molecule has 1 aliphatic rings. The molecule has 4 rings (SSSR count). The van der Waals surface area contributed by atoms with Gasteiger partial charge in [-0.25, -0.2) is 4.98 Å². The Morgan fingerprint density at radius 1 is 1.32 bits per heavy atom. The first-order valence-electron chi connectivity index (χ1n) is 8.03. The fourth-order valence-corrected chi connectivity index (χ4v) is 2.95. The van der Waals surface area contributed by atoms with E-state index < -0.39 is 0 Å². The zero-order valence-electron chi connectivity index (χ0n) is 13.7. The van der Waals surface area contributed by atoms with E-state index in [1.165, 1.54) is 12.5 Å². The summed E-state index contributed by atoms with van der Waals surface area (Å²) in [6.07, 6.45) is 4.63. The number of furan rings is 1. The molecule has 1 atom stereocenters. The summed E-state index contributed by atoms with van der Waals surface area (Å²) in [7, 11) is 0. The second-order valence-electron chi connectivity index (χ2n) is 5.77. The SMILES string of the molecule is C[C@H]1c2nnc(COc3ccccn3)n2CCN1C(=O)c1ccoc1.